The lowest BCUT2D eigenvalue weighted by atomic mass is 9.85. The van der Waals surface area contributed by atoms with E-state index in [1.807, 2.05) is 18.2 Å². The standard InChI is InChI=1S/C20H19N3O5/c1-12(23-18(25)15-4-2-3-5-16(15)19(23)26)20(27)28-11-17(24)22-14-8-6-13(10-21)7-9-14/h2-3,6-9,12,15-16H,4-5,11H2,1H3,(H,22,24)/t12-,15-,16+/m0/s1. The number of imide groups is 1. The van der Waals surface area contributed by atoms with E-state index in [1.54, 1.807) is 24.3 Å². The summed E-state index contributed by atoms with van der Waals surface area (Å²) in [6.07, 6.45) is 4.71. The Hall–Kier alpha value is -3.47. The number of ether oxygens (including phenoxy) is 1. The first-order chi connectivity index (χ1) is 13.4. The van der Waals surface area contributed by atoms with Crippen molar-refractivity contribution in [1.82, 2.24) is 4.90 Å². The van der Waals surface area contributed by atoms with E-state index in [0.717, 1.165) is 4.90 Å². The Bertz CT molecular complexity index is 858. The van der Waals surface area contributed by atoms with Gasteiger partial charge >= 0.3 is 5.97 Å². The summed E-state index contributed by atoms with van der Waals surface area (Å²) in [5.74, 6) is -2.97. The number of benzene rings is 1. The predicted molar refractivity (Wildman–Crippen MR) is 97.4 cm³/mol. The lowest BCUT2D eigenvalue weighted by molar-refractivity contribution is -0.159. The number of nitriles is 1. The largest absolute Gasteiger partial charge is 0.454 e. The van der Waals surface area contributed by atoms with Crippen molar-refractivity contribution in [3.05, 3.63) is 42.0 Å². The second-order valence-electron chi connectivity index (χ2n) is 6.72. The highest BCUT2D eigenvalue weighted by molar-refractivity contribution is 6.08. The van der Waals surface area contributed by atoms with Crippen LogP contribution in [0.2, 0.25) is 0 Å². The van der Waals surface area contributed by atoms with Crippen LogP contribution < -0.4 is 5.32 Å². The molecule has 144 valence electrons. The van der Waals surface area contributed by atoms with E-state index >= 15 is 0 Å². The fourth-order valence-corrected chi connectivity index (χ4v) is 3.40. The fraction of sp³-hybridized carbons (Fsp3) is 0.350. The quantitative estimate of drug-likeness (QED) is 0.468. The number of fused-ring (bicyclic) bond motifs is 1. The third-order valence-corrected chi connectivity index (χ3v) is 4.91. The summed E-state index contributed by atoms with van der Waals surface area (Å²) in [6.45, 7) is 0.870. The van der Waals surface area contributed by atoms with Crippen LogP contribution in [0.5, 0.6) is 0 Å². The Labute approximate surface area is 161 Å². The first-order valence-corrected chi connectivity index (χ1v) is 8.91. The van der Waals surface area contributed by atoms with Crippen molar-refractivity contribution in [3.63, 3.8) is 0 Å². The number of nitrogens with zero attached hydrogens (tertiary/aromatic N) is 2. The van der Waals surface area contributed by atoms with Gasteiger partial charge in [0.05, 0.1) is 23.5 Å². The molecule has 0 radical (unpaired) electrons. The van der Waals surface area contributed by atoms with Gasteiger partial charge in [0.15, 0.2) is 6.61 Å². The van der Waals surface area contributed by atoms with Gasteiger partial charge in [0.2, 0.25) is 11.8 Å². The number of allylic oxidation sites excluding steroid dienone is 2. The second kappa shape index (κ2) is 8.05. The van der Waals surface area contributed by atoms with Gasteiger partial charge in [-0.05, 0) is 44.0 Å². The van der Waals surface area contributed by atoms with E-state index < -0.39 is 36.4 Å². The maximum Gasteiger partial charge on any atom is 0.329 e. The molecule has 28 heavy (non-hydrogen) atoms. The van der Waals surface area contributed by atoms with Gasteiger partial charge in [-0.2, -0.15) is 5.26 Å². The van der Waals surface area contributed by atoms with Gasteiger partial charge in [-0.25, -0.2) is 4.79 Å². The van der Waals surface area contributed by atoms with Crippen LogP contribution in [0, 0.1) is 23.2 Å². The molecule has 3 amide bonds. The minimum absolute atomic E-state index is 0.370. The van der Waals surface area contributed by atoms with Crippen molar-refractivity contribution in [2.75, 3.05) is 11.9 Å². The predicted octanol–water partition coefficient (Wildman–Crippen LogP) is 1.38. The molecule has 1 aromatic rings. The third-order valence-electron chi connectivity index (χ3n) is 4.91. The van der Waals surface area contributed by atoms with Crippen LogP contribution in [-0.2, 0) is 23.9 Å². The number of hydrogen-bond donors (Lipinski definition) is 1. The molecular formula is C20H19N3O5. The van der Waals surface area contributed by atoms with Gasteiger partial charge in [-0.1, -0.05) is 12.2 Å². The van der Waals surface area contributed by atoms with Crippen LogP contribution in [0.3, 0.4) is 0 Å². The van der Waals surface area contributed by atoms with Gasteiger partial charge in [0.25, 0.3) is 5.91 Å². The molecule has 8 nitrogen and oxygen atoms in total. The molecule has 0 unspecified atom stereocenters. The van der Waals surface area contributed by atoms with Crippen LogP contribution in [0.15, 0.2) is 36.4 Å². The monoisotopic (exact) mass is 381 g/mol. The number of nitrogens with one attached hydrogen (secondary N) is 1. The highest BCUT2D eigenvalue weighted by Crippen LogP contribution is 2.36. The lowest BCUT2D eigenvalue weighted by Gasteiger charge is -2.21. The maximum absolute atomic E-state index is 12.5. The number of carbonyl (C=O) groups is 4. The number of rotatable bonds is 5. The second-order valence-corrected chi connectivity index (χ2v) is 6.72. The Balaban J connectivity index is 1.54. The Morgan fingerprint density at radius 3 is 2.29 bits per heavy atom. The van der Waals surface area contributed by atoms with E-state index in [-0.39, 0.29) is 11.8 Å². The Morgan fingerprint density at radius 2 is 1.75 bits per heavy atom. The summed E-state index contributed by atoms with van der Waals surface area (Å²) in [5.41, 5.74) is 0.906. The third kappa shape index (κ3) is 3.78. The molecule has 1 heterocycles. The minimum atomic E-state index is -1.09. The van der Waals surface area contributed by atoms with E-state index in [4.69, 9.17) is 10.00 Å². The minimum Gasteiger partial charge on any atom is -0.454 e. The smallest absolute Gasteiger partial charge is 0.329 e. The van der Waals surface area contributed by atoms with E-state index in [9.17, 15) is 19.2 Å². The number of anilines is 1. The van der Waals surface area contributed by atoms with Crippen molar-refractivity contribution in [3.8, 4) is 6.07 Å². The average Bonchev–Trinajstić information content (AvgIpc) is 2.97. The highest BCUT2D eigenvalue weighted by atomic mass is 16.5. The molecule has 1 aliphatic carbocycles. The summed E-state index contributed by atoms with van der Waals surface area (Å²) < 4.78 is 4.98. The first-order valence-electron chi connectivity index (χ1n) is 8.91. The molecule has 0 spiro atoms. The highest BCUT2D eigenvalue weighted by Gasteiger charge is 2.50. The van der Waals surface area contributed by atoms with E-state index in [2.05, 4.69) is 5.32 Å². The van der Waals surface area contributed by atoms with E-state index in [1.165, 1.54) is 6.92 Å². The molecule has 1 aliphatic heterocycles. The van der Waals surface area contributed by atoms with Gasteiger partial charge in [0, 0.05) is 5.69 Å². The number of likely N-dealkylation sites (tertiary alicyclic amines) is 1. The number of carbonyl (C=O) groups excluding carboxylic acids is 4. The molecule has 1 aromatic carbocycles. The van der Waals surface area contributed by atoms with Gasteiger partial charge in [-0.15, -0.1) is 0 Å². The Morgan fingerprint density at radius 1 is 1.18 bits per heavy atom. The topological polar surface area (TPSA) is 117 Å². The zero-order chi connectivity index (χ0) is 20.3. The van der Waals surface area contributed by atoms with Gasteiger partial charge in [-0.3, -0.25) is 19.3 Å². The summed E-state index contributed by atoms with van der Waals surface area (Å²) >= 11 is 0. The molecule has 1 saturated heterocycles. The number of esters is 1. The van der Waals surface area contributed by atoms with Crippen molar-refractivity contribution in [2.45, 2.75) is 25.8 Å². The van der Waals surface area contributed by atoms with Gasteiger partial charge in [0.1, 0.15) is 6.04 Å². The van der Waals surface area contributed by atoms with Crippen LogP contribution in [0.1, 0.15) is 25.3 Å². The van der Waals surface area contributed by atoms with Crippen LogP contribution in [-0.4, -0.2) is 41.2 Å². The lowest BCUT2D eigenvalue weighted by Crippen LogP contribution is -2.45. The molecule has 0 bridgehead atoms. The van der Waals surface area contributed by atoms with Crippen molar-refractivity contribution in [1.29, 1.82) is 5.26 Å². The maximum atomic E-state index is 12.5. The van der Waals surface area contributed by atoms with Crippen molar-refractivity contribution in [2.24, 2.45) is 11.8 Å². The molecule has 8 heteroatoms. The number of amides is 3. The summed E-state index contributed by atoms with van der Waals surface area (Å²) in [5, 5.41) is 11.3. The normalized spacial score (nSPS) is 21.6. The van der Waals surface area contributed by atoms with Gasteiger partial charge < -0.3 is 10.1 Å². The molecular weight excluding hydrogens is 362 g/mol. The number of hydrogen-bond acceptors (Lipinski definition) is 6. The van der Waals surface area contributed by atoms with E-state index in [0.29, 0.717) is 24.1 Å². The van der Waals surface area contributed by atoms with Crippen LogP contribution in [0.4, 0.5) is 5.69 Å². The average molecular weight is 381 g/mol. The summed E-state index contributed by atoms with van der Waals surface area (Å²) in [7, 11) is 0. The molecule has 0 aromatic heterocycles. The Kier molecular flexibility index (Phi) is 5.54. The van der Waals surface area contributed by atoms with Crippen molar-refractivity contribution < 1.29 is 23.9 Å². The first kappa shape index (κ1) is 19.3. The molecule has 2 aliphatic rings. The van der Waals surface area contributed by atoms with Crippen LogP contribution >= 0.6 is 0 Å². The van der Waals surface area contributed by atoms with Crippen LogP contribution in [0.25, 0.3) is 0 Å². The fourth-order valence-electron chi connectivity index (χ4n) is 3.40. The summed E-state index contributed by atoms with van der Waals surface area (Å²) in [6, 6.07) is 7.07. The SMILES string of the molecule is C[C@@H](C(=O)OCC(=O)Nc1ccc(C#N)cc1)N1C(=O)[C@H]2CC=CC[C@H]2C1=O. The molecule has 0 saturated carbocycles. The molecule has 3 atom stereocenters. The van der Waals surface area contributed by atoms with Crippen molar-refractivity contribution >= 4 is 29.4 Å². The molecule has 1 N–H and O–H groups in total. The summed E-state index contributed by atoms with van der Waals surface area (Å²) in [4.78, 5) is 50.1. The molecule has 3 rings (SSSR count). The molecule has 1 fully saturated rings. The zero-order valence-electron chi connectivity index (χ0n) is 15.3. The zero-order valence-corrected chi connectivity index (χ0v) is 15.3.